The van der Waals surface area contributed by atoms with Crippen LogP contribution < -0.4 is 10.2 Å². The molecule has 1 N–H and O–H groups in total. The lowest BCUT2D eigenvalue weighted by atomic mass is 9.97. The van der Waals surface area contributed by atoms with Crippen LogP contribution in [-0.2, 0) is 4.74 Å². The molecule has 1 aromatic heterocycles. The molecule has 0 bridgehead atoms. The van der Waals surface area contributed by atoms with Gasteiger partial charge in [-0.2, -0.15) is 0 Å². The van der Waals surface area contributed by atoms with Gasteiger partial charge in [0.1, 0.15) is 5.82 Å². The lowest BCUT2D eigenvalue weighted by molar-refractivity contribution is 0.0642. The average molecular weight is 436 g/mol. The van der Waals surface area contributed by atoms with Crippen molar-refractivity contribution in [3.05, 3.63) is 51.6 Å². The van der Waals surface area contributed by atoms with Crippen molar-refractivity contribution in [3.8, 4) is 0 Å². The summed E-state index contributed by atoms with van der Waals surface area (Å²) in [6.45, 7) is 6.37. The van der Waals surface area contributed by atoms with Gasteiger partial charge in [-0.05, 0) is 54.5 Å². The van der Waals surface area contributed by atoms with Gasteiger partial charge in [-0.3, -0.25) is 4.79 Å². The highest BCUT2D eigenvalue weighted by molar-refractivity contribution is 6.42. The minimum Gasteiger partial charge on any atom is -0.381 e. The number of carbonyl (C=O) groups excluding carboxylic acids is 1. The van der Waals surface area contributed by atoms with Gasteiger partial charge < -0.3 is 15.0 Å². The molecule has 1 amide bonds. The van der Waals surface area contributed by atoms with E-state index in [1.54, 1.807) is 18.3 Å². The SMILES string of the molecule is CC(C)c1cc(N(C)c2ccc(Cl)c(Cl)c2)ncc1C(=O)NCC1CCOCC1. The molecule has 156 valence electrons. The summed E-state index contributed by atoms with van der Waals surface area (Å²) in [4.78, 5) is 19.3. The van der Waals surface area contributed by atoms with E-state index in [0.717, 1.165) is 43.1 Å². The molecule has 29 heavy (non-hydrogen) atoms. The first kappa shape index (κ1) is 21.9. The van der Waals surface area contributed by atoms with Crippen LogP contribution in [0.3, 0.4) is 0 Å². The summed E-state index contributed by atoms with van der Waals surface area (Å²) in [5.41, 5.74) is 2.46. The molecule has 0 atom stereocenters. The van der Waals surface area contributed by atoms with Gasteiger partial charge in [0.15, 0.2) is 0 Å². The van der Waals surface area contributed by atoms with Gasteiger partial charge in [0, 0.05) is 38.7 Å². The van der Waals surface area contributed by atoms with Crippen molar-refractivity contribution in [1.82, 2.24) is 10.3 Å². The summed E-state index contributed by atoms with van der Waals surface area (Å²) in [7, 11) is 1.91. The second-order valence-electron chi connectivity index (χ2n) is 7.71. The summed E-state index contributed by atoms with van der Waals surface area (Å²) in [6.07, 6.45) is 3.64. The quantitative estimate of drug-likeness (QED) is 0.656. The summed E-state index contributed by atoms with van der Waals surface area (Å²) in [5, 5.41) is 4.08. The number of aromatic nitrogens is 1. The minimum absolute atomic E-state index is 0.0727. The Hall–Kier alpha value is -1.82. The zero-order valence-corrected chi connectivity index (χ0v) is 18.6. The van der Waals surface area contributed by atoms with Crippen molar-refractivity contribution in [2.75, 3.05) is 31.7 Å². The molecule has 2 aromatic rings. The first-order valence-corrected chi connectivity index (χ1v) is 10.7. The van der Waals surface area contributed by atoms with Crippen LogP contribution in [0.2, 0.25) is 10.0 Å². The molecule has 0 aliphatic carbocycles. The summed E-state index contributed by atoms with van der Waals surface area (Å²) < 4.78 is 5.38. The fourth-order valence-corrected chi connectivity index (χ4v) is 3.71. The van der Waals surface area contributed by atoms with Crippen molar-refractivity contribution in [2.24, 2.45) is 5.92 Å². The van der Waals surface area contributed by atoms with Gasteiger partial charge in [-0.25, -0.2) is 4.98 Å². The summed E-state index contributed by atoms with van der Waals surface area (Å²) in [5.74, 6) is 1.33. The van der Waals surface area contributed by atoms with Gasteiger partial charge in [0.2, 0.25) is 0 Å². The van der Waals surface area contributed by atoms with Crippen molar-refractivity contribution in [2.45, 2.75) is 32.6 Å². The minimum atomic E-state index is -0.0727. The molecule has 0 spiro atoms. The number of rotatable bonds is 6. The van der Waals surface area contributed by atoms with Crippen LogP contribution in [0.4, 0.5) is 11.5 Å². The standard InChI is InChI=1S/C22H27Cl2N3O2/c1-14(2)17-11-21(27(3)16-4-5-19(23)20(24)10-16)25-13-18(17)22(28)26-12-15-6-8-29-9-7-15/h4-5,10-11,13-15H,6-9,12H2,1-3H3,(H,26,28). The highest BCUT2D eigenvalue weighted by Crippen LogP contribution is 2.31. The molecule has 5 nitrogen and oxygen atoms in total. The third kappa shape index (κ3) is 5.41. The average Bonchev–Trinajstić information content (AvgIpc) is 2.73. The maximum atomic E-state index is 12.8. The Morgan fingerprint density at radius 3 is 2.62 bits per heavy atom. The third-order valence-corrected chi connectivity index (χ3v) is 6.05. The van der Waals surface area contributed by atoms with E-state index in [4.69, 9.17) is 27.9 Å². The van der Waals surface area contributed by atoms with Gasteiger partial charge in [-0.15, -0.1) is 0 Å². The molecule has 7 heteroatoms. The predicted molar refractivity (Wildman–Crippen MR) is 119 cm³/mol. The Balaban J connectivity index is 1.78. The highest BCUT2D eigenvalue weighted by atomic mass is 35.5. The fourth-order valence-electron chi connectivity index (χ4n) is 3.42. The molecule has 3 rings (SSSR count). The van der Waals surface area contributed by atoms with Crippen LogP contribution in [0.1, 0.15) is 48.5 Å². The van der Waals surface area contributed by atoms with E-state index in [0.29, 0.717) is 28.1 Å². The molecule has 0 radical (unpaired) electrons. The van der Waals surface area contributed by atoms with Gasteiger partial charge in [0.25, 0.3) is 5.91 Å². The molecule has 1 aliphatic rings. The van der Waals surface area contributed by atoms with Crippen LogP contribution in [0.25, 0.3) is 0 Å². The molecule has 1 aliphatic heterocycles. The zero-order chi connectivity index (χ0) is 21.0. The molecular formula is C22H27Cl2N3O2. The summed E-state index contributed by atoms with van der Waals surface area (Å²) >= 11 is 12.2. The first-order valence-electron chi connectivity index (χ1n) is 9.91. The van der Waals surface area contributed by atoms with Gasteiger partial charge in [0.05, 0.1) is 15.6 Å². The molecule has 1 fully saturated rings. The van der Waals surface area contributed by atoms with E-state index >= 15 is 0 Å². The predicted octanol–water partition coefficient (Wildman–Crippen LogP) is 5.44. The number of hydrogen-bond donors (Lipinski definition) is 1. The number of carbonyl (C=O) groups is 1. The lowest BCUT2D eigenvalue weighted by Crippen LogP contribution is -2.33. The van der Waals surface area contributed by atoms with E-state index < -0.39 is 0 Å². The third-order valence-electron chi connectivity index (χ3n) is 5.31. The number of anilines is 2. The Morgan fingerprint density at radius 1 is 1.24 bits per heavy atom. The van der Waals surface area contributed by atoms with E-state index in [9.17, 15) is 4.79 Å². The molecular weight excluding hydrogens is 409 g/mol. The maximum Gasteiger partial charge on any atom is 0.253 e. The van der Waals surface area contributed by atoms with Crippen LogP contribution in [0, 0.1) is 5.92 Å². The van der Waals surface area contributed by atoms with Crippen LogP contribution >= 0.6 is 23.2 Å². The number of halogens is 2. The number of hydrogen-bond acceptors (Lipinski definition) is 4. The maximum absolute atomic E-state index is 12.8. The Labute approximate surface area is 182 Å². The number of ether oxygens (including phenoxy) is 1. The van der Waals surface area contributed by atoms with Gasteiger partial charge in [-0.1, -0.05) is 37.0 Å². The number of amides is 1. The monoisotopic (exact) mass is 435 g/mol. The number of benzene rings is 1. The van der Waals surface area contributed by atoms with Crippen LogP contribution in [-0.4, -0.2) is 37.7 Å². The van der Waals surface area contributed by atoms with Crippen LogP contribution in [0.5, 0.6) is 0 Å². The summed E-state index contributed by atoms with van der Waals surface area (Å²) in [6, 6.07) is 7.42. The van der Waals surface area contributed by atoms with Crippen molar-refractivity contribution in [1.29, 1.82) is 0 Å². The van der Waals surface area contributed by atoms with E-state index in [-0.39, 0.29) is 11.8 Å². The topological polar surface area (TPSA) is 54.5 Å². The molecule has 0 saturated carbocycles. The molecule has 2 heterocycles. The van der Waals surface area contributed by atoms with E-state index in [1.807, 2.05) is 24.1 Å². The normalized spacial score (nSPS) is 14.8. The molecule has 1 aromatic carbocycles. The Bertz CT molecular complexity index is 867. The van der Waals surface area contributed by atoms with Crippen molar-refractivity contribution in [3.63, 3.8) is 0 Å². The van der Waals surface area contributed by atoms with Crippen LogP contribution in [0.15, 0.2) is 30.5 Å². The number of pyridine rings is 1. The van der Waals surface area contributed by atoms with E-state index in [1.165, 1.54) is 0 Å². The second-order valence-corrected chi connectivity index (χ2v) is 8.52. The highest BCUT2D eigenvalue weighted by Gasteiger charge is 2.20. The number of nitrogens with zero attached hydrogens (tertiary/aromatic N) is 2. The van der Waals surface area contributed by atoms with Crippen molar-refractivity contribution < 1.29 is 9.53 Å². The molecule has 0 unspecified atom stereocenters. The molecule has 1 saturated heterocycles. The Kier molecular flexibility index (Phi) is 7.38. The Morgan fingerprint density at radius 2 is 1.97 bits per heavy atom. The fraction of sp³-hybridized carbons (Fsp3) is 0.455. The number of nitrogens with one attached hydrogen (secondary N) is 1. The van der Waals surface area contributed by atoms with Gasteiger partial charge >= 0.3 is 0 Å². The zero-order valence-electron chi connectivity index (χ0n) is 17.0. The smallest absolute Gasteiger partial charge is 0.253 e. The largest absolute Gasteiger partial charge is 0.381 e. The first-order chi connectivity index (χ1) is 13.9. The lowest BCUT2D eigenvalue weighted by Gasteiger charge is -2.23. The van der Waals surface area contributed by atoms with Crippen molar-refractivity contribution >= 4 is 40.6 Å². The second kappa shape index (κ2) is 9.79. The van der Waals surface area contributed by atoms with E-state index in [2.05, 4.69) is 24.1 Å².